The van der Waals surface area contributed by atoms with Crippen LogP contribution in [0.15, 0.2) is 41.1 Å². The summed E-state index contributed by atoms with van der Waals surface area (Å²) in [5.74, 6) is 0.854. The van der Waals surface area contributed by atoms with Crippen molar-refractivity contribution < 1.29 is 0 Å². The molecule has 0 spiro atoms. The Labute approximate surface area is 109 Å². The van der Waals surface area contributed by atoms with E-state index in [0.29, 0.717) is 6.54 Å². The first kappa shape index (κ1) is 12.0. The van der Waals surface area contributed by atoms with E-state index >= 15 is 0 Å². The molecule has 88 valence electrons. The summed E-state index contributed by atoms with van der Waals surface area (Å²) in [6.07, 6.45) is 2.82. The minimum absolute atomic E-state index is 0.702. The smallest absolute Gasteiger partial charge is 0.127 e. The van der Waals surface area contributed by atoms with E-state index in [1.807, 2.05) is 30.5 Å². The van der Waals surface area contributed by atoms with Crippen LogP contribution in [0.2, 0.25) is 0 Å². The van der Waals surface area contributed by atoms with Crippen molar-refractivity contribution >= 4 is 21.7 Å². The third kappa shape index (κ3) is 3.27. The predicted octanol–water partition coefficient (Wildman–Crippen LogP) is 3.41. The second-order valence-electron chi connectivity index (χ2n) is 3.66. The highest BCUT2D eigenvalue weighted by atomic mass is 79.9. The Morgan fingerprint density at radius 1 is 1.24 bits per heavy atom. The molecule has 0 amide bonds. The molecule has 0 aliphatic rings. The lowest BCUT2D eigenvalue weighted by Crippen LogP contribution is -2.05. The van der Waals surface area contributed by atoms with Crippen LogP contribution in [-0.2, 0) is 13.0 Å². The fraction of sp³-hybridized carbons (Fsp3) is 0.231. The molecule has 0 radical (unpaired) electrons. The molecule has 2 rings (SSSR count). The molecule has 0 bridgehead atoms. The number of aromatic nitrogens is 2. The standard InChI is InChI=1S/C13H14BrN3/c1-2-10-5-4-8-15-11(10)9-16-13-7-3-6-12(14)17-13/h3-8H,2,9H2,1H3,(H,16,17). The maximum Gasteiger partial charge on any atom is 0.127 e. The van der Waals surface area contributed by atoms with Gasteiger partial charge in [0, 0.05) is 6.20 Å². The summed E-state index contributed by atoms with van der Waals surface area (Å²) in [5, 5.41) is 3.27. The van der Waals surface area contributed by atoms with Gasteiger partial charge in [0.15, 0.2) is 0 Å². The molecular formula is C13H14BrN3. The first-order valence-corrected chi connectivity index (χ1v) is 6.38. The van der Waals surface area contributed by atoms with Gasteiger partial charge in [-0.25, -0.2) is 4.98 Å². The second kappa shape index (κ2) is 5.77. The average molecular weight is 292 g/mol. The minimum Gasteiger partial charge on any atom is -0.364 e. The van der Waals surface area contributed by atoms with Gasteiger partial charge in [-0.15, -0.1) is 0 Å². The maximum absolute atomic E-state index is 4.39. The van der Waals surface area contributed by atoms with E-state index in [0.717, 1.165) is 22.5 Å². The zero-order valence-corrected chi connectivity index (χ0v) is 11.2. The number of pyridine rings is 2. The summed E-state index contributed by atoms with van der Waals surface area (Å²) >= 11 is 3.35. The molecule has 2 aromatic rings. The fourth-order valence-corrected chi connectivity index (χ4v) is 1.98. The fourth-order valence-electron chi connectivity index (χ4n) is 1.63. The lowest BCUT2D eigenvalue weighted by Gasteiger charge is -2.08. The topological polar surface area (TPSA) is 37.8 Å². The van der Waals surface area contributed by atoms with Gasteiger partial charge in [-0.1, -0.05) is 19.1 Å². The van der Waals surface area contributed by atoms with Gasteiger partial charge in [-0.2, -0.15) is 0 Å². The van der Waals surface area contributed by atoms with Crippen LogP contribution in [0.4, 0.5) is 5.82 Å². The Kier molecular flexibility index (Phi) is 4.09. The molecule has 4 heteroatoms. The summed E-state index contributed by atoms with van der Waals surface area (Å²) < 4.78 is 0.833. The SMILES string of the molecule is CCc1cccnc1CNc1cccc(Br)n1. The van der Waals surface area contributed by atoms with E-state index in [1.54, 1.807) is 0 Å². The number of nitrogens with zero attached hydrogens (tertiary/aromatic N) is 2. The van der Waals surface area contributed by atoms with Crippen LogP contribution in [0, 0.1) is 0 Å². The summed E-state index contributed by atoms with van der Waals surface area (Å²) in [6.45, 7) is 2.84. The number of nitrogens with one attached hydrogen (secondary N) is 1. The maximum atomic E-state index is 4.39. The van der Waals surface area contributed by atoms with E-state index in [9.17, 15) is 0 Å². The molecule has 2 heterocycles. The first-order chi connectivity index (χ1) is 8.29. The van der Waals surface area contributed by atoms with Gasteiger partial charge < -0.3 is 5.32 Å². The second-order valence-corrected chi connectivity index (χ2v) is 4.47. The molecule has 17 heavy (non-hydrogen) atoms. The summed E-state index contributed by atoms with van der Waals surface area (Å²) in [7, 11) is 0. The Balaban J connectivity index is 2.07. The van der Waals surface area contributed by atoms with Crippen molar-refractivity contribution in [1.82, 2.24) is 9.97 Å². The zero-order chi connectivity index (χ0) is 12.1. The normalized spacial score (nSPS) is 10.2. The number of hydrogen-bond donors (Lipinski definition) is 1. The van der Waals surface area contributed by atoms with Crippen LogP contribution in [-0.4, -0.2) is 9.97 Å². The third-order valence-corrected chi connectivity index (χ3v) is 2.96. The minimum atomic E-state index is 0.702. The van der Waals surface area contributed by atoms with Crippen LogP contribution in [0.3, 0.4) is 0 Å². The molecule has 3 nitrogen and oxygen atoms in total. The van der Waals surface area contributed by atoms with Crippen LogP contribution in [0.5, 0.6) is 0 Å². The Morgan fingerprint density at radius 2 is 2.12 bits per heavy atom. The molecule has 0 saturated heterocycles. The quantitative estimate of drug-likeness (QED) is 0.877. The average Bonchev–Trinajstić information content (AvgIpc) is 2.37. The number of rotatable bonds is 4. The molecule has 0 aromatic carbocycles. The highest BCUT2D eigenvalue weighted by Gasteiger charge is 2.01. The van der Waals surface area contributed by atoms with Crippen molar-refractivity contribution in [1.29, 1.82) is 0 Å². The van der Waals surface area contributed by atoms with Crippen LogP contribution in [0.25, 0.3) is 0 Å². The van der Waals surface area contributed by atoms with Gasteiger partial charge >= 0.3 is 0 Å². The van der Waals surface area contributed by atoms with Crippen molar-refractivity contribution in [2.24, 2.45) is 0 Å². The Hall–Kier alpha value is -1.42. The lowest BCUT2D eigenvalue weighted by atomic mass is 10.1. The zero-order valence-electron chi connectivity index (χ0n) is 9.65. The van der Waals surface area contributed by atoms with Gasteiger partial charge in [0.2, 0.25) is 0 Å². The van der Waals surface area contributed by atoms with Crippen molar-refractivity contribution in [3.05, 3.63) is 52.4 Å². The highest BCUT2D eigenvalue weighted by molar-refractivity contribution is 9.10. The van der Waals surface area contributed by atoms with E-state index in [-0.39, 0.29) is 0 Å². The Morgan fingerprint density at radius 3 is 2.88 bits per heavy atom. The highest BCUT2D eigenvalue weighted by Crippen LogP contribution is 2.12. The van der Waals surface area contributed by atoms with Crippen LogP contribution < -0.4 is 5.32 Å². The molecule has 0 unspecified atom stereocenters. The van der Waals surface area contributed by atoms with E-state index < -0.39 is 0 Å². The van der Waals surface area contributed by atoms with Gasteiger partial charge in [0.05, 0.1) is 12.2 Å². The number of aryl methyl sites for hydroxylation is 1. The summed E-state index contributed by atoms with van der Waals surface area (Å²) in [6, 6.07) is 9.89. The van der Waals surface area contributed by atoms with Crippen molar-refractivity contribution in [3.63, 3.8) is 0 Å². The van der Waals surface area contributed by atoms with Crippen LogP contribution >= 0.6 is 15.9 Å². The van der Waals surface area contributed by atoms with Crippen molar-refractivity contribution in [2.75, 3.05) is 5.32 Å². The molecular weight excluding hydrogens is 278 g/mol. The molecule has 2 aromatic heterocycles. The first-order valence-electron chi connectivity index (χ1n) is 5.59. The summed E-state index contributed by atoms with van der Waals surface area (Å²) in [4.78, 5) is 8.71. The predicted molar refractivity (Wildman–Crippen MR) is 72.9 cm³/mol. The largest absolute Gasteiger partial charge is 0.364 e. The number of anilines is 1. The molecule has 0 aliphatic carbocycles. The molecule has 1 N–H and O–H groups in total. The molecule has 0 atom stereocenters. The van der Waals surface area contributed by atoms with E-state index in [1.165, 1.54) is 5.56 Å². The molecule has 0 saturated carbocycles. The van der Waals surface area contributed by atoms with E-state index in [4.69, 9.17) is 0 Å². The van der Waals surface area contributed by atoms with Gasteiger partial charge in [-0.3, -0.25) is 4.98 Å². The van der Waals surface area contributed by atoms with Crippen molar-refractivity contribution in [3.8, 4) is 0 Å². The molecule has 0 aliphatic heterocycles. The number of hydrogen-bond acceptors (Lipinski definition) is 3. The number of halogens is 1. The van der Waals surface area contributed by atoms with Gasteiger partial charge in [-0.05, 0) is 46.1 Å². The monoisotopic (exact) mass is 291 g/mol. The van der Waals surface area contributed by atoms with Crippen LogP contribution in [0.1, 0.15) is 18.2 Å². The lowest BCUT2D eigenvalue weighted by molar-refractivity contribution is 0.963. The van der Waals surface area contributed by atoms with E-state index in [2.05, 4.69) is 44.2 Å². The third-order valence-electron chi connectivity index (χ3n) is 2.52. The molecule has 0 fully saturated rings. The summed E-state index contributed by atoms with van der Waals surface area (Å²) in [5.41, 5.74) is 2.35. The van der Waals surface area contributed by atoms with Gasteiger partial charge in [0.1, 0.15) is 10.4 Å². The Bertz CT molecular complexity index is 500. The van der Waals surface area contributed by atoms with Crippen molar-refractivity contribution in [2.45, 2.75) is 19.9 Å². The van der Waals surface area contributed by atoms with Gasteiger partial charge in [0.25, 0.3) is 0 Å².